The Morgan fingerprint density at radius 1 is 1.53 bits per heavy atom. The lowest BCUT2D eigenvalue weighted by atomic mass is 10.2. The Labute approximate surface area is 113 Å². The number of nitrogens with one attached hydrogen (secondary N) is 1. The molecule has 1 aromatic heterocycles. The summed E-state index contributed by atoms with van der Waals surface area (Å²) in [7, 11) is 0. The number of hydrogen-bond acceptors (Lipinski definition) is 4. The highest BCUT2D eigenvalue weighted by Gasteiger charge is 2.09. The lowest BCUT2D eigenvalue weighted by Gasteiger charge is -2.01. The van der Waals surface area contributed by atoms with Crippen molar-refractivity contribution in [3.63, 3.8) is 0 Å². The van der Waals surface area contributed by atoms with Crippen LogP contribution in [0, 0.1) is 12.7 Å². The zero-order valence-corrected chi connectivity index (χ0v) is 11.1. The molecule has 0 saturated carbocycles. The van der Waals surface area contributed by atoms with E-state index in [0.717, 1.165) is 10.6 Å². The van der Waals surface area contributed by atoms with Crippen molar-refractivity contribution < 1.29 is 14.3 Å². The molecule has 0 aliphatic rings. The molecule has 1 heterocycles. The van der Waals surface area contributed by atoms with Gasteiger partial charge in [-0.25, -0.2) is 9.37 Å². The summed E-state index contributed by atoms with van der Waals surface area (Å²) < 4.78 is 13.0. The Bertz CT molecular complexity index is 598. The molecule has 0 fully saturated rings. The van der Waals surface area contributed by atoms with Crippen LogP contribution in [0.15, 0.2) is 24.3 Å². The van der Waals surface area contributed by atoms with Gasteiger partial charge in [0.1, 0.15) is 5.82 Å². The first-order valence-electron chi connectivity index (χ1n) is 5.75. The van der Waals surface area contributed by atoms with E-state index in [0.29, 0.717) is 17.2 Å². The second-order valence-corrected chi connectivity index (χ2v) is 5.14. The van der Waals surface area contributed by atoms with Crippen LogP contribution in [-0.2, 0) is 11.2 Å². The van der Waals surface area contributed by atoms with Crippen molar-refractivity contribution >= 4 is 28.1 Å². The number of carboxylic acids is 1. The Balaban J connectivity index is 2.09. The van der Waals surface area contributed by atoms with Crippen LogP contribution in [0.4, 0.5) is 15.2 Å². The molecule has 4 nitrogen and oxygen atoms in total. The molecule has 0 unspecified atom stereocenters. The molecule has 0 saturated heterocycles. The van der Waals surface area contributed by atoms with Crippen LogP contribution < -0.4 is 5.32 Å². The number of anilines is 2. The highest BCUT2D eigenvalue weighted by Crippen LogP contribution is 2.26. The van der Waals surface area contributed by atoms with Crippen LogP contribution in [0.5, 0.6) is 0 Å². The molecule has 0 atom stereocenters. The molecule has 0 aliphatic heterocycles. The molecule has 2 N–H and O–H groups in total. The first-order valence-corrected chi connectivity index (χ1v) is 6.57. The molecular weight excluding hydrogens is 267 g/mol. The van der Waals surface area contributed by atoms with Gasteiger partial charge >= 0.3 is 5.97 Å². The highest BCUT2D eigenvalue weighted by atomic mass is 32.1. The minimum atomic E-state index is -0.826. The number of aliphatic carboxylic acids is 1. The fourth-order valence-corrected chi connectivity index (χ4v) is 2.61. The molecule has 0 amide bonds. The van der Waals surface area contributed by atoms with Gasteiger partial charge in [0.2, 0.25) is 0 Å². The largest absolute Gasteiger partial charge is 0.481 e. The molecule has 6 heteroatoms. The number of halogens is 1. The van der Waals surface area contributed by atoms with Crippen LogP contribution in [0.2, 0.25) is 0 Å². The van der Waals surface area contributed by atoms with E-state index in [2.05, 4.69) is 10.3 Å². The minimum Gasteiger partial charge on any atom is -0.481 e. The first kappa shape index (κ1) is 13.5. The van der Waals surface area contributed by atoms with E-state index >= 15 is 0 Å². The SMILES string of the molecule is Cc1nc(Nc2cccc(F)c2)sc1CCC(=O)O. The molecular formula is C13H13FN2O2S. The summed E-state index contributed by atoms with van der Waals surface area (Å²) in [5, 5.41) is 12.3. The van der Waals surface area contributed by atoms with Gasteiger partial charge in [0, 0.05) is 10.6 Å². The number of benzene rings is 1. The van der Waals surface area contributed by atoms with Gasteiger partial charge in [-0.05, 0) is 31.5 Å². The maximum Gasteiger partial charge on any atom is 0.303 e. The smallest absolute Gasteiger partial charge is 0.303 e. The van der Waals surface area contributed by atoms with Gasteiger partial charge in [0.05, 0.1) is 12.1 Å². The number of carboxylic acid groups (broad SMARTS) is 1. The fraction of sp³-hybridized carbons (Fsp3) is 0.231. The third-order valence-electron chi connectivity index (χ3n) is 2.53. The molecule has 1 aromatic carbocycles. The van der Waals surface area contributed by atoms with Crippen LogP contribution in [0.3, 0.4) is 0 Å². The Morgan fingerprint density at radius 3 is 3.00 bits per heavy atom. The monoisotopic (exact) mass is 280 g/mol. The van der Waals surface area contributed by atoms with Crippen molar-refractivity contribution in [2.75, 3.05) is 5.32 Å². The van der Waals surface area contributed by atoms with Crippen molar-refractivity contribution in [3.05, 3.63) is 40.7 Å². The average Bonchev–Trinajstić information content (AvgIpc) is 2.67. The number of nitrogens with zero attached hydrogens (tertiary/aromatic N) is 1. The van der Waals surface area contributed by atoms with E-state index in [1.807, 2.05) is 6.92 Å². The molecule has 100 valence electrons. The minimum absolute atomic E-state index is 0.0858. The molecule has 0 bridgehead atoms. The van der Waals surface area contributed by atoms with E-state index in [1.165, 1.54) is 23.5 Å². The predicted octanol–water partition coefficient (Wildman–Crippen LogP) is 3.35. The summed E-state index contributed by atoms with van der Waals surface area (Å²) >= 11 is 1.39. The van der Waals surface area contributed by atoms with Gasteiger partial charge in [-0.1, -0.05) is 6.07 Å². The predicted molar refractivity (Wildman–Crippen MR) is 72.5 cm³/mol. The molecule has 0 radical (unpaired) electrons. The number of thiazole rings is 1. The Hall–Kier alpha value is -1.95. The standard InChI is InChI=1S/C13H13FN2O2S/c1-8-11(5-6-12(17)18)19-13(15-8)16-10-4-2-3-9(14)7-10/h2-4,7H,5-6H2,1H3,(H,15,16)(H,17,18). The van der Waals surface area contributed by atoms with E-state index in [1.54, 1.807) is 12.1 Å². The average molecular weight is 280 g/mol. The van der Waals surface area contributed by atoms with Crippen molar-refractivity contribution in [3.8, 4) is 0 Å². The number of aromatic nitrogens is 1. The summed E-state index contributed by atoms with van der Waals surface area (Å²) in [5.74, 6) is -1.14. The summed E-state index contributed by atoms with van der Waals surface area (Å²) in [5.41, 5.74) is 1.43. The molecule has 2 aromatic rings. The van der Waals surface area contributed by atoms with Crippen LogP contribution in [0.1, 0.15) is 17.0 Å². The van der Waals surface area contributed by atoms with Crippen LogP contribution >= 0.6 is 11.3 Å². The van der Waals surface area contributed by atoms with E-state index in [4.69, 9.17) is 5.11 Å². The van der Waals surface area contributed by atoms with Gasteiger partial charge in [-0.3, -0.25) is 4.79 Å². The van der Waals surface area contributed by atoms with E-state index in [-0.39, 0.29) is 12.2 Å². The van der Waals surface area contributed by atoms with E-state index < -0.39 is 5.97 Å². The van der Waals surface area contributed by atoms with Gasteiger partial charge in [0.25, 0.3) is 0 Å². The van der Waals surface area contributed by atoms with Gasteiger partial charge < -0.3 is 10.4 Å². The zero-order chi connectivity index (χ0) is 13.8. The van der Waals surface area contributed by atoms with Gasteiger partial charge in [-0.2, -0.15) is 0 Å². The van der Waals surface area contributed by atoms with Crippen molar-refractivity contribution in [1.82, 2.24) is 4.98 Å². The van der Waals surface area contributed by atoms with Gasteiger partial charge in [0.15, 0.2) is 5.13 Å². The summed E-state index contributed by atoms with van der Waals surface area (Å²) in [4.78, 5) is 15.8. The fourth-order valence-electron chi connectivity index (χ4n) is 1.62. The lowest BCUT2D eigenvalue weighted by Crippen LogP contribution is -1.96. The quantitative estimate of drug-likeness (QED) is 0.881. The van der Waals surface area contributed by atoms with Crippen LogP contribution in [0.25, 0.3) is 0 Å². The molecule has 0 aliphatic carbocycles. The molecule has 0 spiro atoms. The normalized spacial score (nSPS) is 10.4. The first-order chi connectivity index (χ1) is 9.04. The molecule has 19 heavy (non-hydrogen) atoms. The second kappa shape index (κ2) is 5.79. The van der Waals surface area contributed by atoms with Crippen LogP contribution in [-0.4, -0.2) is 16.1 Å². The summed E-state index contributed by atoms with van der Waals surface area (Å²) in [6.07, 6.45) is 0.548. The Kier molecular flexibility index (Phi) is 4.11. The van der Waals surface area contributed by atoms with Gasteiger partial charge in [-0.15, -0.1) is 11.3 Å². The maximum atomic E-state index is 13.0. The third kappa shape index (κ3) is 3.75. The number of hydrogen-bond donors (Lipinski definition) is 2. The van der Waals surface area contributed by atoms with Crippen molar-refractivity contribution in [2.24, 2.45) is 0 Å². The summed E-state index contributed by atoms with van der Waals surface area (Å²) in [6.45, 7) is 1.84. The van der Waals surface area contributed by atoms with E-state index in [9.17, 15) is 9.18 Å². The number of aryl methyl sites for hydroxylation is 2. The maximum absolute atomic E-state index is 13.0. The third-order valence-corrected chi connectivity index (χ3v) is 3.67. The Morgan fingerprint density at radius 2 is 2.32 bits per heavy atom. The topological polar surface area (TPSA) is 62.2 Å². The second-order valence-electron chi connectivity index (χ2n) is 4.06. The zero-order valence-electron chi connectivity index (χ0n) is 10.3. The van der Waals surface area contributed by atoms with Crippen molar-refractivity contribution in [2.45, 2.75) is 19.8 Å². The van der Waals surface area contributed by atoms with Crippen molar-refractivity contribution in [1.29, 1.82) is 0 Å². The number of carbonyl (C=O) groups is 1. The summed E-state index contributed by atoms with van der Waals surface area (Å²) in [6, 6.07) is 6.12. The molecule has 2 rings (SSSR count). The number of rotatable bonds is 5. The highest BCUT2D eigenvalue weighted by molar-refractivity contribution is 7.15. The lowest BCUT2D eigenvalue weighted by molar-refractivity contribution is -0.136.